The van der Waals surface area contributed by atoms with Gasteiger partial charge in [-0.15, -0.1) is 12.4 Å². The first-order chi connectivity index (χ1) is 7.88. The lowest BCUT2D eigenvalue weighted by atomic mass is 10.1. The summed E-state index contributed by atoms with van der Waals surface area (Å²) in [4.78, 5) is 11.1. The smallest absolute Gasteiger partial charge is 0.242 e. The van der Waals surface area contributed by atoms with Crippen LogP contribution in [0.4, 0.5) is 0 Å². The number of hydrogen-bond acceptors (Lipinski definition) is 4. The van der Waals surface area contributed by atoms with Gasteiger partial charge < -0.3 is 5.73 Å². The Hall–Kier alpha value is -0.660. The Kier molecular flexibility index (Phi) is 6.80. The van der Waals surface area contributed by atoms with E-state index in [9.17, 15) is 13.2 Å². The minimum Gasteiger partial charge on any atom is -0.329 e. The Morgan fingerprint density at radius 2 is 2.06 bits per heavy atom. The van der Waals surface area contributed by atoms with Gasteiger partial charge >= 0.3 is 0 Å². The summed E-state index contributed by atoms with van der Waals surface area (Å²) in [5.74, 6) is -0.225. The molecule has 102 valence electrons. The number of carbonyl (C=O) groups excluding carboxylic acids is 1. The van der Waals surface area contributed by atoms with Gasteiger partial charge in [0, 0.05) is 18.7 Å². The van der Waals surface area contributed by atoms with Gasteiger partial charge in [0.25, 0.3) is 0 Å². The van der Waals surface area contributed by atoms with Gasteiger partial charge in [-0.25, -0.2) is 13.1 Å². The van der Waals surface area contributed by atoms with E-state index in [1.54, 1.807) is 0 Å². The molecule has 8 heteroatoms. The van der Waals surface area contributed by atoms with Gasteiger partial charge in [-0.2, -0.15) is 0 Å². The van der Waals surface area contributed by atoms with Gasteiger partial charge in [0.15, 0.2) is 5.78 Å². The highest BCUT2D eigenvalue weighted by molar-refractivity contribution is 7.89. The number of rotatable bonds is 5. The molecule has 0 aliphatic carbocycles. The van der Waals surface area contributed by atoms with Crippen molar-refractivity contribution in [3.8, 4) is 0 Å². The van der Waals surface area contributed by atoms with E-state index >= 15 is 0 Å². The average molecular weight is 313 g/mol. The van der Waals surface area contributed by atoms with Crippen molar-refractivity contribution in [1.82, 2.24) is 4.72 Å². The quantitative estimate of drug-likeness (QED) is 0.799. The summed E-state index contributed by atoms with van der Waals surface area (Å²) in [6.07, 6.45) is 0. The lowest BCUT2D eigenvalue weighted by Gasteiger charge is -2.08. The molecule has 0 unspecified atom stereocenters. The second-order valence-electron chi connectivity index (χ2n) is 3.39. The van der Waals surface area contributed by atoms with Crippen molar-refractivity contribution in [3.05, 3.63) is 28.8 Å². The zero-order valence-corrected chi connectivity index (χ0v) is 12.0. The molecule has 0 radical (unpaired) electrons. The van der Waals surface area contributed by atoms with E-state index in [1.807, 2.05) is 0 Å². The van der Waals surface area contributed by atoms with E-state index in [0.29, 0.717) is 5.56 Å². The average Bonchev–Trinajstić information content (AvgIpc) is 2.26. The fourth-order valence-corrected chi connectivity index (χ4v) is 2.77. The zero-order valence-electron chi connectivity index (χ0n) is 9.64. The first kappa shape index (κ1) is 17.3. The van der Waals surface area contributed by atoms with Gasteiger partial charge in [-0.1, -0.05) is 11.6 Å². The van der Waals surface area contributed by atoms with Crippen LogP contribution in [0.3, 0.4) is 0 Å². The number of benzene rings is 1. The molecule has 18 heavy (non-hydrogen) atoms. The monoisotopic (exact) mass is 312 g/mol. The summed E-state index contributed by atoms with van der Waals surface area (Å²) in [7, 11) is -3.72. The van der Waals surface area contributed by atoms with Crippen molar-refractivity contribution in [3.63, 3.8) is 0 Å². The number of nitrogens with one attached hydrogen (secondary N) is 1. The lowest BCUT2D eigenvalue weighted by molar-refractivity contribution is 0.101. The highest BCUT2D eigenvalue weighted by atomic mass is 35.5. The highest BCUT2D eigenvalue weighted by Gasteiger charge is 2.18. The molecular formula is C10H14Cl2N2O3S. The second kappa shape index (κ2) is 7.06. The van der Waals surface area contributed by atoms with Crippen molar-refractivity contribution in [2.24, 2.45) is 5.73 Å². The van der Waals surface area contributed by atoms with Crippen molar-refractivity contribution in [2.75, 3.05) is 13.1 Å². The topological polar surface area (TPSA) is 89.3 Å². The molecule has 0 atom stereocenters. The Morgan fingerprint density at radius 1 is 1.44 bits per heavy atom. The SMILES string of the molecule is CC(=O)c1ccc(Cl)c(S(=O)(=O)NCCN)c1.Cl. The minimum absolute atomic E-state index is 0. The molecule has 3 N–H and O–H groups in total. The third-order valence-corrected chi connectivity index (χ3v) is 4.01. The van der Waals surface area contributed by atoms with Crippen LogP contribution in [0, 0.1) is 0 Å². The van der Waals surface area contributed by atoms with E-state index in [2.05, 4.69) is 4.72 Å². The van der Waals surface area contributed by atoms with Crippen LogP contribution in [0.5, 0.6) is 0 Å². The van der Waals surface area contributed by atoms with E-state index in [4.69, 9.17) is 17.3 Å². The third kappa shape index (κ3) is 4.22. The maximum atomic E-state index is 11.8. The molecule has 1 aromatic carbocycles. The molecule has 0 aliphatic rings. The number of Topliss-reactive ketones (excluding diaryl/α,β-unsaturated/α-hetero) is 1. The van der Waals surface area contributed by atoms with Crippen LogP contribution in [-0.2, 0) is 10.0 Å². The van der Waals surface area contributed by atoms with Crippen LogP contribution in [0.2, 0.25) is 5.02 Å². The lowest BCUT2D eigenvalue weighted by Crippen LogP contribution is -2.29. The summed E-state index contributed by atoms with van der Waals surface area (Å²) in [5, 5.41) is 0.0690. The van der Waals surface area contributed by atoms with Gasteiger partial charge in [0.2, 0.25) is 10.0 Å². The minimum atomic E-state index is -3.72. The van der Waals surface area contributed by atoms with Crippen LogP contribution >= 0.6 is 24.0 Å². The molecule has 0 aromatic heterocycles. The first-order valence-electron chi connectivity index (χ1n) is 4.88. The van der Waals surface area contributed by atoms with E-state index in [0.717, 1.165) is 0 Å². The summed E-state index contributed by atoms with van der Waals surface area (Å²) in [6.45, 7) is 1.65. The van der Waals surface area contributed by atoms with Crippen LogP contribution in [0.25, 0.3) is 0 Å². The summed E-state index contributed by atoms with van der Waals surface area (Å²) >= 11 is 5.80. The predicted octanol–water partition coefficient (Wildman–Crippen LogP) is 1.20. The molecule has 1 rings (SSSR count). The van der Waals surface area contributed by atoms with Gasteiger partial charge in [0.05, 0.1) is 5.02 Å². The number of ketones is 1. The van der Waals surface area contributed by atoms with Crippen molar-refractivity contribution >= 4 is 39.8 Å². The summed E-state index contributed by atoms with van der Waals surface area (Å²) in [6, 6.07) is 4.12. The predicted molar refractivity (Wildman–Crippen MR) is 72.9 cm³/mol. The molecule has 0 heterocycles. The Labute approximate surface area is 117 Å². The Morgan fingerprint density at radius 3 is 2.56 bits per heavy atom. The van der Waals surface area contributed by atoms with Gasteiger partial charge in [-0.3, -0.25) is 4.79 Å². The second-order valence-corrected chi connectivity index (χ2v) is 5.53. The van der Waals surface area contributed by atoms with Crippen molar-refractivity contribution in [1.29, 1.82) is 0 Å². The number of sulfonamides is 1. The number of halogens is 2. The highest BCUT2D eigenvalue weighted by Crippen LogP contribution is 2.22. The number of nitrogens with two attached hydrogens (primary N) is 1. The van der Waals surface area contributed by atoms with Gasteiger partial charge in [-0.05, 0) is 25.1 Å². The summed E-state index contributed by atoms with van der Waals surface area (Å²) < 4.78 is 25.9. The Bertz CT molecular complexity index is 532. The zero-order chi connectivity index (χ0) is 13.1. The third-order valence-electron chi connectivity index (χ3n) is 2.06. The normalized spacial score (nSPS) is 10.8. The van der Waals surface area contributed by atoms with Crippen LogP contribution < -0.4 is 10.5 Å². The molecule has 0 bridgehead atoms. The molecule has 0 amide bonds. The Balaban J connectivity index is 0.00000289. The van der Waals surface area contributed by atoms with Crippen LogP contribution in [0.1, 0.15) is 17.3 Å². The standard InChI is InChI=1S/C10H13ClN2O3S.ClH/c1-7(14)8-2-3-9(11)10(6-8)17(15,16)13-5-4-12;/h2-3,6,13H,4-5,12H2,1H3;1H. The van der Waals surface area contributed by atoms with E-state index in [1.165, 1.54) is 25.1 Å². The van der Waals surface area contributed by atoms with Crippen molar-refractivity contribution in [2.45, 2.75) is 11.8 Å². The number of carbonyl (C=O) groups is 1. The van der Waals surface area contributed by atoms with Crippen LogP contribution in [0.15, 0.2) is 23.1 Å². The fraction of sp³-hybridized carbons (Fsp3) is 0.300. The maximum Gasteiger partial charge on any atom is 0.242 e. The van der Waals surface area contributed by atoms with Crippen molar-refractivity contribution < 1.29 is 13.2 Å². The molecule has 0 saturated heterocycles. The van der Waals surface area contributed by atoms with E-state index in [-0.39, 0.29) is 41.2 Å². The van der Waals surface area contributed by atoms with Gasteiger partial charge in [0.1, 0.15) is 4.90 Å². The fourth-order valence-electron chi connectivity index (χ4n) is 1.20. The molecule has 5 nitrogen and oxygen atoms in total. The summed E-state index contributed by atoms with van der Waals surface area (Å²) in [5.41, 5.74) is 5.51. The molecule has 1 aromatic rings. The molecule has 0 fully saturated rings. The first-order valence-corrected chi connectivity index (χ1v) is 6.75. The number of hydrogen-bond donors (Lipinski definition) is 2. The van der Waals surface area contributed by atoms with Crippen LogP contribution in [-0.4, -0.2) is 27.3 Å². The van der Waals surface area contributed by atoms with E-state index < -0.39 is 10.0 Å². The molecule has 0 aliphatic heterocycles. The largest absolute Gasteiger partial charge is 0.329 e. The molecular weight excluding hydrogens is 299 g/mol. The maximum absolute atomic E-state index is 11.8. The molecule has 0 spiro atoms. The molecule has 0 saturated carbocycles.